The maximum atomic E-state index is 12.6. The van der Waals surface area contributed by atoms with Crippen molar-refractivity contribution >= 4 is 5.91 Å². The molecule has 20 heavy (non-hydrogen) atoms. The van der Waals surface area contributed by atoms with Gasteiger partial charge in [0.15, 0.2) is 0 Å². The van der Waals surface area contributed by atoms with Gasteiger partial charge in [-0.15, -0.1) is 0 Å². The van der Waals surface area contributed by atoms with Crippen LogP contribution in [-0.2, 0) is 4.79 Å². The Balaban J connectivity index is 1.79. The van der Waals surface area contributed by atoms with Crippen LogP contribution in [0.3, 0.4) is 0 Å². The summed E-state index contributed by atoms with van der Waals surface area (Å²) in [5.41, 5.74) is 1.20. The molecule has 1 saturated heterocycles. The van der Waals surface area contributed by atoms with Gasteiger partial charge in [0.1, 0.15) is 6.17 Å². The van der Waals surface area contributed by atoms with Crippen LogP contribution >= 0.6 is 0 Å². The largest absolute Gasteiger partial charge is 0.321 e. The van der Waals surface area contributed by atoms with Gasteiger partial charge < -0.3 is 4.90 Å². The molecule has 1 N–H and O–H groups in total. The number of hydrogen-bond acceptors (Lipinski definition) is 2. The Morgan fingerprint density at radius 3 is 2.60 bits per heavy atom. The van der Waals surface area contributed by atoms with E-state index in [1.54, 1.807) is 0 Å². The lowest BCUT2D eigenvalue weighted by Gasteiger charge is -2.24. The van der Waals surface area contributed by atoms with Crippen molar-refractivity contribution in [2.24, 2.45) is 11.8 Å². The Morgan fingerprint density at radius 2 is 2.00 bits per heavy atom. The van der Waals surface area contributed by atoms with Gasteiger partial charge in [0.25, 0.3) is 0 Å². The van der Waals surface area contributed by atoms with Crippen LogP contribution in [0.4, 0.5) is 0 Å². The van der Waals surface area contributed by atoms with Gasteiger partial charge in [0.2, 0.25) is 5.91 Å². The fourth-order valence-corrected chi connectivity index (χ4v) is 3.19. The molecule has 1 aromatic rings. The molecule has 1 aliphatic carbocycles. The number of nitrogens with one attached hydrogen (secondary N) is 1. The van der Waals surface area contributed by atoms with E-state index in [2.05, 4.69) is 36.2 Å². The average Bonchev–Trinajstić information content (AvgIpc) is 3.08. The molecule has 0 spiro atoms. The molecule has 4 unspecified atom stereocenters. The van der Waals surface area contributed by atoms with Crippen molar-refractivity contribution < 1.29 is 4.79 Å². The number of carbonyl (C=O) groups is 1. The van der Waals surface area contributed by atoms with Crippen LogP contribution in [-0.4, -0.2) is 23.4 Å². The van der Waals surface area contributed by atoms with Crippen LogP contribution in [0, 0.1) is 11.8 Å². The summed E-state index contributed by atoms with van der Waals surface area (Å²) >= 11 is 0. The quantitative estimate of drug-likeness (QED) is 0.894. The fourth-order valence-electron chi connectivity index (χ4n) is 3.19. The molecule has 0 bridgehead atoms. The van der Waals surface area contributed by atoms with E-state index in [1.165, 1.54) is 12.0 Å². The van der Waals surface area contributed by atoms with Gasteiger partial charge in [-0.25, -0.2) is 0 Å². The van der Waals surface area contributed by atoms with Crippen molar-refractivity contribution in [3.63, 3.8) is 0 Å². The molecule has 0 aromatic heterocycles. The van der Waals surface area contributed by atoms with E-state index >= 15 is 0 Å². The highest BCUT2D eigenvalue weighted by atomic mass is 16.2. The summed E-state index contributed by atoms with van der Waals surface area (Å²) in [6.45, 7) is 5.32. The molecule has 1 aromatic carbocycles. The van der Waals surface area contributed by atoms with Crippen LogP contribution < -0.4 is 5.32 Å². The molecule has 3 nitrogen and oxygen atoms in total. The SMILES string of the molecule is CCCC1NC(c2ccccc2)N(CC2CC2C)C1=O. The zero-order chi connectivity index (χ0) is 14.1. The Morgan fingerprint density at radius 1 is 1.30 bits per heavy atom. The molecule has 1 saturated carbocycles. The fraction of sp³-hybridized carbons (Fsp3) is 0.588. The first kappa shape index (κ1) is 13.6. The first-order chi connectivity index (χ1) is 9.70. The third kappa shape index (κ3) is 2.59. The summed E-state index contributed by atoms with van der Waals surface area (Å²) in [5.74, 6) is 1.77. The van der Waals surface area contributed by atoms with E-state index in [1.807, 2.05) is 18.2 Å². The molecule has 3 heteroatoms. The number of hydrogen-bond donors (Lipinski definition) is 1. The van der Waals surface area contributed by atoms with Crippen LogP contribution in [0.1, 0.15) is 44.8 Å². The highest BCUT2D eigenvalue weighted by Crippen LogP contribution is 2.40. The second kappa shape index (κ2) is 5.57. The summed E-state index contributed by atoms with van der Waals surface area (Å²) < 4.78 is 0. The predicted molar refractivity (Wildman–Crippen MR) is 80.0 cm³/mol. The summed E-state index contributed by atoms with van der Waals surface area (Å²) in [5, 5.41) is 3.53. The molecule has 108 valence electrons. The van der Waals surface area contributed by atoms with Gasteiger partial charge >= 0.3 is 0 Å². The second-order valence-electron chi connectivity index (χ2n) is 6.28. The number of carbonyl (C=O) groups excluding carboxylic acids is 1. The number of amides is 1. The lowest BCUT2D eigenvalue weighted by Crippen LogP contribution is -2.33. The van der Waals surface area contributed by atoms with Gasteiger partial charge in [0.05, 0.1) is 6.04 Å². The molecule has 0 radical (unpaired) electrons. The van der Waals surface area contributed by atoms with Crippen LogP contribution in [0.5, 0.6) is 0 Å². The highest BCUT2D eigenvalue weighted by Gasteiger charge is 2.43. The minimum absolute atomic E-state index is 0.000683. The number of benzene rings is 1. The second-order valence-corrected chi connectivity index (χ2v) is 6.28. The monoisotopic (exact) mass is 272 g/mol. The van der Waals surface area contributed by atoms with E-state index in [4.69, 9.17) is 0 Å². The van der Waals surface area contributed by atoms with Crippen LogP contribution in [0.25, 0.3) is 0 Å². The normalized spacial score (nSPS) is 32.7. The Hall–Kier alpha value is -1.35. The van der Waals surface area contributed by atoms with E-state index < -0.39 is 0 Å². The molecule has 3 rings (SSSR count). The van der Waals surface area contributed by atoms with Crippen molar-refractivity contribution in [2.75, 3.05) is 6.54 Å². The number of nitrogens with zero attached hydrogens (tertiary/aromatic N) is 1. The van der Waals surface area contributed by atoms with E-state index in [0.717, 1.165) is 25.3 Å². The Bertz CT molecular complexity index is 473. The lowest BCUT2D eigenvalue weighted by atomic mass is 10.1. The highest BCUT2D eigenvalue weighted by molar-refractivity contribution is 5.84. The third-order valence-corrected chi connectivity index (χ3v) is 4.65. The van der Waals surface area contributed by atoms with Gasteiger partial charge in [-0.1, -0.05) is 50.6 Å². The van der Waals surface area contributed by atoms with Gasteiger partial charge in [-0.3, -0.25) is 10.1 Å². The zero-order valence-electron chi connectivity index (χ0n) is 12.4. The summed E-state index contributed by atoms with van der Waals surface area (Å²) in [6, 6.07) is 10.3. The molecule has 2 fully saturated rings. The molecule has 1 aliphatic heterocycles. The van der Waals surface area contributed by atoms with Crippen LogP contribution in [0.15, 0.2) is 30.3 Å². The summed E-state index contributed by atoms with van der Waals surface area (Å²) in [7, 11) is 0. The Labute approximate surface area is 121 Å². The molecular weight excluding hydrogens is 248 g/mol. The van der Waals surface area contributed by atoms with Gasteiger partial charge in [-0.05, 0) is 30.2 Å². The molecule has 1 amide bonds. The van der Waals surface area contributed by atoms with E-state index in [-0.39, 0.29) is 12.2 Å². The lowest BCUT2D eigenvalue weighted by molar-refractivity contribution is -0.130. The first-order valence-electron chi connectivity index (χ1n) is 7.82. The molecule has 2 aliphatic rings. The van der Waals surface area contributed by atoms with Crippen LogP contribution in [0.2, 0.25) is 0 Å². The van der Waals surface area contributed by atoms with Gasteiger partial charge in [0, 0.05) is 6.54 Å². The number of rotatable bonds is 5. The summed E-state index contributed by atoms with van der Waals surface area (Å²) in [4.78, 5) is 14.7. The predicted octanol–water partition coefficient (Wildman–Crippen LogP) is 2.94. The maximum absolute atomic E-state index is 12.6. The molecular formula is C17H24N2O. The maximum Gasteiger partial charge on any atom is 0.241 e. The third-order valence-electron chi connectivity index (χ3n) is 4.65. The zero-order valence-corrected chi connectivity index (χ0v) is 12.4. The van der Waals surface area contributed by atoms with Crippen molar-refractivity contribution in [1.29, 1.82) is 0 Å². The topological polar surface area (TPSA) is 32.3 Å². The standard InChI is InChI=1S/C17H24N2O/c1-3-7-15-17(20)19(11-14-10-12(14)2)16(18-15)13-8-5-4-6-9-13/h4-6,8-9,12,14-16,18H,3,7,10-11H2,1-2H3. The minimum atomic E-state index is -0.000683. The Kier molecular flexibility index (Phi) is 3.79. The summed E-state index contributed by atoms with van der Waals surface area (Å²) in [6.07, 6.45) is 3.30. The van der Waals surface area contributed by atoms with Crippen molar-refractivity contribution in [1.82, 2.24) is 10.2 Å². The molecule has 1 heterocycles. The van der Waals surface area contributed by atoms with Gasteiger partial charge in [-0.2, -0.15) is 0 Å². The first-order valence-corrected chi connectivity index (χ1v) is 7.82. The minimum Gasteiger partial charge on any atom is -0.321 e. The average molecular weight is 272 g/mol. The smallest absolute Gasteiger partial charge is 0.241 e. The van der Waals surface area contributed by atoms with Crippen molar-refractivity contribution in [3.8, 4) is 0 Å². The molecule has 4 atom stereocenters. The van der Waals surface area contributed by atoms with Crippen molar-refractivity contribution in [3.05, 3.63) is 35.9 Å². The van der Waals surface area contributed by atoms with Crippen molar-refractivity contribution in [2.45, 2.75) is 45.3 Å². The van der Waals surface area contributed by atoms with E-state index in [9.17, 15) is 4.79 Å². The van der Waals surface area contributed by atoms with E-state index in [0.29, 0.717) is 11.8 Å².